The highest BCUT2D eigenvalue weighted by molar-refractivity contribution is 9.10. The van der Waals surface area contributed by atoms with Gasteiger partial charge in [-0.15, -0.1) is 11.6 Å². The lowest BCUT2D eigenvalue weighted by molar-refractivity contribution is 0.108. The molecule has 1 saturated heterocycles. The second-order valence-electron chi connectivity index (χ2n) is 4.46. The van der Waals surface area contributed by atoms with E-state index in [0.717, 1.165) is 34.5 Å². The number of imidazole rings is 1. The van der Waals surface area contributed by atoms with Crippen LogP contribution < -0.4 is 0 Å². The minimum Gasteiger partial charge on any atom is -0.376 e. The molecule has 4 nitrogen and oxygen atoms in total. The molecule has 0 aliphatic carbocycles. The van der Waals surface area contributed by atoms with Gasteiger partial charge in [-0.3, -0.25) is 0 Å². The fourth-order valence-electron chi connectivity index (χ4n) is 2.51. The number of rotatable bonds is 2. The van der Waals surface area contributed by atoms with Crippen LogP contribution in [0.1, 0.15) is 25.2 Å². The molecule has 96 valence electrons. The van der Waals surface area contributed by atoms with E-state index in [0.29, 0.717) is 5.88 Å². The van der Waals surface area contributed by atoms with Crippen LogP contribution in [0.15, 0.2) is 16.7 Å². The van der Waals surface area contributed by atoms with E-state index in [2.05, 4.69) is 37.4 Å². The van der Waals surface area contributed by atoms with Crippen LogP contribution in [0.3, 0.4) is 0 Å². The highest BCUT2D eigenvalue weighted by atomic mass is 79.9. The Hall–Kier alpha value is -0.650. The number of hydrogen-bond donors (Lipinski definition) is 0. The molecule has 2 unspecified atom stereocenters. The van der Waals surface area contributed by atoms with Gasteiger partial charge in [0.1, 0.15) is 11.3 Å². The van der Waals surface area contributed by atoms with E-state index in [9.17, 15) is 0 Å². The number of pyridine rings is 1. The molecular formula is C12H13BrClN3O. The van der Waals surface area contributed by atoms with Crippen molar-refractivity contribution in [1.29, 1.82) is 0 Å². The predicted molar refractivity (Wildman–Crippen MR) is 73.9 cm³/mol. The summed E-state index contributed by atoms with van der Waals surface area (Å²) in [4.78, 5) is 9.02. The molecule has 1 aliphatic rings. The SMILES string of the molecule is CC1OCCC1n1c(CCl)nc2cc(Br)cnc21. The molecule has 0 radical (unpaired) electrons. The van der Waals surface area contributed by atoms with Gasteiger partial charge in [-0.05, 0) is 35.3 Å². The lowest BCUT2D eigenvalue weighted by Gasteiger charge is -2.18. The fourth-order valence-corrected chi connectivity index (χ4v) is 3.01. The number of hydrogen-bond acceptors (Lipinski definition) is 3. The maximum Gasteiger partial charge on any atom is 0.160 e. The van der Waals surface area contributed by atoms with E-state index in [-0.39, 0.29) is 12.1 Å². The van der Waals surface area contributed by atoms with Gasteiger partial charge in [-0.2, -0.15) is 0 Å². The van der Waals surface area contributed by atoms with E-state index in [1.54, 1.807) is 6.20 Å². The van der Waals surface area contributed by atoms with Crippen LogP contribution >= 0.6 is 27.5 Å². The monoisotopic (exact) mass is 329 g/mol. The molecule has 3 rings (SSSR count). The molecule has 1 fully saturated rings. The van der Waals surface area contributed by atoms with Crippen molar-refractivity contribution in [2.75, 3.05) is 6.61 Å². The zero-order valence-electron chi connectivity index (χ0n) is 9.94. The summed E-state index contributed by atoms with van der Waals surface area (Å²) in [7, 11) is 0. The van der Waals surface area contributed by atoms with Gasteiger partial charge in [0.25, 0.3) is 0 Å². The highest BCUT2D eigenvalue weighted by Gasteiger charge is 2.29. The number of fused-ring (bicyclic) bond motifs is 1. The first kappa shape index (κ1) is 12.4. The van der Waals surface area contributed by atoms with Crippen LogP contribution in [-0.2, 0) is 10.6 Å². The Kier molecular flexibility index (Phi) is 3.30. The van der Waals surface area contributed by atoms with Crippen LogP contribution in [-0.4, -0.2) is 27.2 Å². The standard InChI is InChI=1S/C12H13BrClN3O/c1-7-10(2-3-18-7)17-11(5-14)16-9-4-8(13)6-15-12(9)17/h4,6-7,10H,2-3,5H2,1H3. The number of nitrogens with zero attached hydrogens (tertiary/aromatic N) is 3. The van der Waals surface area contributed by atoms with Gasteiger partial charge in [-0.25, -0.2) is 9.97 Å². The lowest BCUT2D eigenvalue weighted by atomic mass is 10.1. The molecule has 18 heavy (non-hydrogen) atoms. The van der Waals surface area contributed by atoms with Crippen molar-refractivity contribution in [3.63, 3.8) is 0 Å². The van der Waals surface area contributed by atoms with Crippen molar-refractivity contribution in [1.82, 2.24) is 14.5 Å². The van der Waals surface area contributed by atoms with Crippen LogP contribution in [0.2, 0.25) is 0 Å². The largest absolute Gasteiger partial charge is 0.376 e. The number of aromatic nitrogens is 3. The van der Waals surface area contributed by atoms with Crippen molar-refractivity contribution in [3.05, 3.63) is 22.6 Å². The van der Waals surface area contributed by atoms with Crippen molar-refractivity contribution < 1.29 is 4.74 Å². The highest BCUT2D eigenvalue weighted by Crippen LogP contribution is 2.31. The third-order valence-corrected chi connectivity index (χ3v) is 4.03. The van der Waals surface area contributed by atoms with E-state index in [1.807, 2.05) is 6.07 Å². The van der Waals surface area contributed by atoms with Crippen LogP contribution in [0.5, 0.6) is 0 Å². The smallest absolute Gasteiger partial charge is 0.160 e. The Morgan fingerprint density at radius 3 is 3.11 bits per heavy atom. The van der Waals surface area contributed by atoms with Gasteiger partial charge < -0.3 is 9.30 Å². The number of halogens is 2. The Bertz CT molecular complexity index is 586. The van der Waals surface area contributed by atoms with Crippen LogP contribution in [0.25, 0.3) is 11.2 Å². The molecule has 2 atom stereocenters. The Balaban J connectivity index is 2.19. The summed E-state index contributed by atoms with van der Waals surface area (Å²) in [6, 6.07) is 2.24. The molecule has 0 saturated carbocycles. The van der Waals surface area contributed by atoms with Gasteiger partial charge in [0.15, 0.2) is 5.65 Å². The zero-order chi connectivity index (χ0) is 12.7. The maximum absolute atomic E-state index is 6.01. The summed E-state index contributed by atoms with van der Waals surface area (Å²) in [6.45, 7) is 2.87. The summed E-state index contributed by atoms with van der Waals surface area (Å²) >= 11 is 9.42. The number of ether oxygens (including phenoxy) is 1. The van der Waals surface area contributed by atoms with Gasteiger partial charge >= 0.3 is 0 Å². The van der Waals surface area contributed by atoms with Crippen molar-refractivity contribution in [3.8, 4) is 0 Å². The van der Waals surface area contributed by atoms with E-state index in [1.165, 1.54) is 0 Å². The molecule has 2 aromatic heterocycles. The molecule has 0 bridgehead atoms. The summed E-state index contributed by atoms with van der Waals surface area (Å²) in [6.07, 6.45) is 2.95. The average molecular weight is 331 g/mol. The van der Waals surface area contributed by atoms with E-state index >= 15 is 0 Å². The molecule has 3 heterocycles. The summed E-state index contributed by atoms with van der Waals surface area (Å²) in [5, 5.41) is 0. The summed E-state index contributed by atoms with van der Waals surface area (Å²) in [5.74, 6) is 1.25. The quantitative estimate of drug-likeness (QED) is 0.793. The Morgan fingerprint density at radius 2 is 2.44 bits per heavy atom. The molecule has 0 N–H and O–H groups in total. The van der Waals surface area contributed by atoms with Gasteiger partial charge in [0.2, 0.25) is 0 Å². The molecule has 2 aromatic rings. The Morgan fingerprint density at radius 1 is 1.61 bits per heavy atom. The molecule has 1 aliphatic heterocycles. The normalized spacial score (nSPS) is 23.9. The summed E-state index contributed by atoms with van der Waals surface area (Å²) < 4.78 is 8.69. The third kappa shape index (κ3) is 1.94. The van der Waals surface area contributed by atoms with Crippen LogP contribution in [0.4, 0.5) is 0 Å². The maximum atomic E-state index is 6.01. The van der Waals surface area contributed by atoms with Crippen molar-refractivity contribution in [2.45, 2.75) is 31.4 Å². The average Bonchev–Trinajstić information content (AvgIpc) is 2.91. The molecule has 0 spiro atoms. The predicted octanol–water partition coefficient (Wildman–Crippen LogP) is 3.28. The first-order valence-electron chi connectivity index (χ1n) is 5.90. The van der Waals surface area contributed by atoms with Gasteiger partial charge in [-0.1, -0.05) is 0 Å². The minimum absolute atomic E-state index is 0.176. The molecule has 6 heteroatoms. The lowest BCUT2D eigenvalue weighted by Crippen LogP contribution is -2.19. The first-order chi connectivity index (χ1) is 8.70. The molecule has 0 amide bonds. The van der Waals surface area contributed by atoms with Crippen LogP contribution in [0, 0.1) is 0 Å². The minimum atomic E-state index is 0.176. The van der Waals surface area contributed by atoms with Crippen molar-refractivity contribution >= 4 is 38.7 Å². The second kappa shape index (κ2) is 4.79. The number of alkyl halides is 1. The Labute approximate surface area is 118 Å². The topological polar surface area (TPSA) is 39.9 Å². The third-order valence-electron chi connectivity index (χ3n) is 3.36. The second-order valence-corrected chi connectivity index (χ2v) is 5.64. The molecular weight excluding hydrogens is 318 g/mol. The van der Waals surface area contributed by atoms with Crippen molar-refractivity contribution in [2.24, 2.45) is 0 Å². The van der Waals surface area contributed by atoms with E-state index < -0.39 is 0 Å². The van der Waals surface area contributed by atoms with Gasteiger partial charge in [0.05, 0.1) is 18.0 Å². The molecule has 0 aromatic carbocycles. The zero-order valence-corrected chi connectivity index (χ0v) is 12.3. The first-order valence-corrected chi connectivity index (χ1v) is 7.23. The van der Waals surface area contributed by atoms with Gasteiger partial charge in [0, 0.05) is 17.3 Å². The summed E-state index contributed by atoms with van der Waals surface area (Å²) in [5.41, 5.74) is 1.76. The van der Waals surface area contributed by atoms with E-state index in [4.69, 9.17) is 16.3 Å². The fraction of sp³-hybridized carbons (Fsp3) is 0.500.